The first-order chi connectivity index (χ1) is 9.84. The maximum atomic E-state index is 2.26. The summed E-state index contributed by atoms with van der Waals surface area (Å²) in [4.78, 5) is 0. The minimum atomic E-state index is 0.432. The Morgan fingerprint density at radius 3 is 1.55 bits per heavy atom. The van der Waals surface area contributed by atoms with Crippen molar-refractivity contribution in [1.82, 2.24) is 0 Å². The molecule has 0 heteroatoms. The lowest BCUT2D eigenvalue weighted by Crippen LogP contribution is -1.95. The first-order valence-electron chi connectivity index (χ1n) is 7.05. The zero-order valence-corrected chi connectivity index (χ0v) is 11.7. The van der Waals surface area contributed by atoms with Gasteiger partial charge in [-0.1, -0.05) is 91.9 Å². The second kappa shape index (κ2) is 5.75. The van der Waals surface area contributed by atoms with Gasteiger partial charge in [-0.05, 0) is 22.3 Å². The fourth-order valence-electron chi connectivity index (χ4n) is 2.53. The molecular weight excluding hydrogens is 240 g/mol. The minimum absolute atomic E-state index is 0.432. The average Bonchev–Trinajstić information content (AvgIpc) is 2.56. The summed E-state index contributed by atoms with van der Waals surface area (Å²) in [5, 5.41) is 0. The summed E-state index contributed by atoms with van der Waals surface area (Å²) < 4.78 is 0. The van der Waals surface area contributed by atoms with Gasteiger partial charge in [0.1, 0.15) is 0 Å². The molecule has 20 heavy (non-hydrogen) atoms. The minimum Gasteiger partial charge on any atom is -0.0622 e. The maximum Gasteiger partial charge on any atom is 0.00610 e. The fraction of sp³-hybridized carbons (Fsp3) is 0.100. The van der Waals surface area contributed by atoms with Crippen LogP contribution in [0.2, 0.25) is 0 Å². The highest BCUT2D eigenvalue weighted by atomic mass is 14.1. The number of hydrogen-bond acceptors (Lipinski definition) is 0. The Balaban J connectivity index is 1.87. The van der Waals surface area contributed by atoms with Gasteiger partial charge in [-0.25, -0.2) is 0 Å². The molecule has 0 amide bonds. The van der Waals surface area contributed by atoms with E-state index in [1.807, 2.05) is 0 Å². The zero-order valence-electron chi connectivity index (χ0n) is 11.7. The van der Waals surface area contributed by atoms with Gasteiger partial charge in [0.2, 0.25) is 0 Å². The Hall–Kier alpha value is -2.34. The highest BCUT2D eigenvalue weighted by molar-refractivity contribution is 5.63. The van der Waals surface area contributed by atoms with E-state index in [-0.39, 0.29) is 0 Å². The second-order valence-corrected chi connectivity index (χ2v) is 5.12. The third-order valence-corrected chi connectivity index (χ3v) is 3.82. The van der Waals surface area contributed by atoms with E-state index in [9.17, 15) is 0 Å². The van der Waals surface area contributed by atoms with Crippen LogP contribution in [0.1, 0.15) is 24.0 Å². The third kappa shape index (κ3) is 2.65. The molecule has 3 aromatic rings. The summed E-state index contributed by atoms with van der Waals surface area (Å²) in [7, 11) is 0. The highest BCUT2D eigenvalue weighted by Crippen LogP contribution is 2.26. The SMILES string of the molecule is CC(c1ccccc1)c1ccc(-c2ccccc2)cc1. The molecule has 0 aliphatic carbocycles. The first-order valence-corrected chi connectivity index (χ1v) is 7.05. The molecule has 1 atom stereocenters. The molecule has 0 bridgehead atoms. The van der Waals surface area contributed by atoms with Gasteiger partial charge in [0, 0.05) is 5.92 Å². The Kier molecular flexibility index (Phi) is 3.64. The molecule has 0 fully saturated rings. The molecule has 0 aromatic heterocycles. The van der Waals surface area contributed by atoms with Gasteiger partial charge >= 0.3 is 0 Å². The van der Waals surface area contributed by atoms with Gasteiger partial charge < -0.3 is 0 Å². The van der Waals surface area contributed by atoms with Gasteiger partial charge in [-0.2, -0.15) is 0 Å². The lowest BCUT2D eigenvalue weighted by atomic mass is 9.92. The molecule has 0 radical (unpaired) electrons. The lowest BCUT2D eigenvalue weighted by Gasteiger charge is -2.13. The molecule has 98 valence electrons. The van der Waals surface area contributed by atoms with E-state index in [0.717, 1.165) is 0 Å². The van der Waals surface area contributed by atoms with Gasteiger partial charge in [0.05, 0.1) is 0 Å². The van der Waals surface area contributed by atoms with Crippen molar-refractivity contribution < 1.29 is 0 Å². The Morgan fingerprint density at radius 1 is 0.500 bits per heavy atom. The predicted molar refractivity (Wildman–Crippen MR) is 85.8 cm³/mol. The van der Waals surface area contributed by atoms with Crippen molar-refractivity contribution in [2.24, 2.45) is 0 Å². The van der Waals surface area contributed by atoms with Gasteiger partial charge in [0.15, 0.2) is 0 Å². The van der Waals surface area contributed by atoms with Crippen LogP contribution < -0.4 is 0 Å². The van der Waals surface area contributed by atoms with Gasteiger partial charge in [-0.15, -0.1) is 0 Å². The van der Waals surface area contributed by atoms with Crippen LogP contribution in [-0.4, -0.2) is 0 Å². The van der Waals surface area contributed by atoms with Crippen molar-refractivity contribution in [3.05, 3.63) is 96.1 Å². The van der Waals surface area contributed by atoms with Gasteiger partial charge in [0.25, 0.3) is 0 Å². The Labute approximate surface area is 120 Å². The first kappa shape index (κ1) is 12.7. The van der Waals surface area contributed by atoms with E-state index in [1.54, 1.807) is 0 Å². The Morgan fingerprint density at radius 2 is 0.950 bits per heavy atom. The Bertz CT molecular complexity index is 651. The molecule has 0 aliphatic rings. The monoisotopic (exact) mass is 258 g/mol. The summed E-state index contributed by atoms with van der Waals surface area (Å²) in [6, 6.07) is 30.1. The maximum absolute atomic E-state index is 2.26. The normalized spacial score (nSPS) is 12.1. The number of benzene rings is 3. The zero-order chi connectivity index (χ0) is 13.8. The van der Waals surface area contributed by atoms with E-state index in [4.69, 9.17) is 0 Å². The molecule has 0 saturated heterocycles. The summed E-state index contributed by atoms with van der Waals surface area (Å²) in [5.41, 5.74) is 5.26. The molecule has 0 spiro atoms. The lowest BCUT2D eigenvalue weighted by molar-refractivity contribution is 0.923. The molecule has 0 N–H and O–H groups in total. The molecule has 1 unspecified atom stereocenters. The molecule has 3 aromatic carbocycles. The van der Waals surface area contributed by atoms with Crippen LogP contribution in [0.3, 0.4) is 0 Å². The third-order valence-electron chi connectivity index (χ3n) is 3.82. The summed E-state index contributed by atoms with van der Waals surface area (Å²) in [6.45, 7) is 2.26. The van der Waals surface area contributed by atoms with Crippen LogP contribution in [0, 0.1) is 0 Å². The molecule has 0 nitrogen and oxygen atoms in total. The molecule has 0 aliphatic heterocycles. The fourth-order valence-corrected chi connectivity index (χ4v) is 2.53. The van der Waals surface area contributed by atoms with E-state index in [0.29, 0.717) is 5.92 Å². The van der Waals surface area contributed by atoms with Crippen LogP contribution in [0.5, 0.6) is 0 Å². The van der Waals surface area contributed by atoms with Crippen LogP contribution in [0.25, 0.3) is 11.1 Å². The summed E-state index contributed by atoms with van der Waals surface area (Å²) in [5.74, 6) is 0.432. The molecule has 0 heterocycles. The van der Waals surface area contributed by atoms with Crippen molar-refractivity contribution in [3.8, 4) is 11.1 Å². The van der Waals surface area contributed by atoms with Crippen LogP contribution >= 0.6 is 0 Å². The number of rotatable bonds is 3. The van der Waals surface area contributed by atoms with Crippen molar-refractivity contribution in [2.75, 3.05) is 0 Å². The quantitative estimate of drug-likeness (QED) is 0.581. The predicted octanol–water partition coefficient (Wildman–Crippen LogP) is 5.51. The second-order valence-electron chi connectivity index (χ2n) is 5.12. The van der Waals surface area contributed by atoms with E-state index in [2.05, 4.69) is 91.9 Å². The number of hydrogen-bond donors (Lipinski definition) is 0. The van der Waals surface area contributed by atoms with E-state index in [1.165, 1.54) is 22.3 Å². The summed E-state index contributed by atoms with van der Waals surface area (Å²) in [6.07, 6.45) is 0. The topological polar surface area (TPSA) is 0 Å². The van der Waals surface area contributed by atoms with Crippen LogP contribution in [-0.2, 0) is 0 Å². The van der Waals surface area contributed by atoms with E-state index >= 15 is 0 Å². The van der Waals surface area contributed by atoms with Crippen molar-refractivity contribution in [2.45, 2.75) is 12.8 Å². The van der Waals surface area contributed by atoms with E-state index < -0.39 is 0 Å². The van der Waals surface area contributed by atoms with Crippen molar-refractivity contribution in [1.29, 1.82) is 0 Å². The van der Waals surface area contributed by atoms with Crippen molar-refractivity contribution >= 4 is 0 Å². The molecule has 3 rings (SSSR count). The van der Waals surface area contributed by atoms with Crippen molar-refractivity contribution in [3.63, 3.8) is 0 Å². The largest absolute Gasteiger partial charge is 0.0622 e. The average molecular weight is 258 g/mol. The van der Waals surface area contributed by atoms with Crippen LogP contribution in [0.4, 0.5) is 0 Å². The van der Waals surface area contributed by atoms with Crippen LogP contribution in [0.15, 0.2) is 84.9 Å². The molecule has 0 saturated carbocycles. The highest BCUT2D eigenvalue weighted by Gasteiger charge is 2.07. The van der Waals surface area contributed by atoms with Gasteiger partial charge in [-0.3, -0.25) is 0 Å². The molecular formula is C20H18. The standard InChI is InChI=1S/C20H18/c1-16(17-8-4-2-5-9-17)18-12-14-20(15-13-18)19-10-6-3-7-11-19/h2-16H,1H3. The smallest absolute Gasteiger partial charge is 0.00610 e. The summed E-state index contributed by atoms with van der Waals surface area (Å²) >= 11 is 0.